The van der Waals surface area contributed by atoms with Crippen LogP contribution in [0.5, 0.6) is 0 Å². The zero-order chi connectivity index (χ0) is 14.7. The lowest BCUT2D eigenvalue weighted by Gasteiger charge is -2.19. The van der Waals surface area contributed by atoms with Crippen LogP contribution in [0.1, 0.15) is 17.2 Å². The van der Waals surface area contributed by atoms with Gasteiger partial charge in [0, 0.05) is 19.0 Å². The minimum atomic E-state index is -0.0714. The number of hydrazine groups is 1. The van der Waals surface area contributed by atoms with Crippen LogP contribution in [0.4, 0.5) is 0 Å². The summed E-state index contributed by atoms with van der Waals surface area (Å²) in [5.74, 6) is 5.70. The van der Waals surface area contributed by atoms with Gasteiger partial charge in [0.05, 0.1) is 6.04 Å². The van der Waals surface area contributed by atoms with Gasteiger partial charge in [0.2, 0.25) is 0 Å². The maximum atomic E-state index is 6.21. The second-order valence-corrected chi connectivity index (χ2v) is 6.94. The lowest BCUT2D eigenvalue weighted by Crippen LogP contribution is -2.30. The minimum absolute atomic E-state index is 0.0714. The molecule has 106 valence electrons. The molecule has 0 aromatic heterocycles. The normalized spacial score (nSPS) is 12.4. The second-order valence-electron chi connectivity index (χ2n) is 4.32. The molecule has 0 aliphatic rings. The van der Waals surface area contributed by atoms with E-state index in [9.17, 15) is 0 Å². The lowest BCUT2D eigenvalue weighted by atomic mass is 9.99. The van der Waals surface area contributed by atoms with E-state index in [-0.39, 0.29) is 6.04 Å². The standard InChI is InChI=1S/C14H12Br2Cl2N2/c15-9-1-3-12(16)11(7-9)14(20-19)6-8-5-10(17)2-4-13(8)18/h1-5,7,14,20H,6,19H2. The first-order valence-corrected chi connectivity index (χ1v) is 8.20. The van der Waals surface area contributed by atoms with Gasteiger partial charge in [0.25, 0.3) is 0 Å². The van der Waals surface area contributed by atoms with Crippen molar-refractivity contribution in [2.24, 2.45) is 5.84 Å². The summed E-state index contributed by atoms with van der Waals surface area (Å²) in [5.41, 5.74) is 4.84. The van der Waals surface area contributed by atoms with Gasteiger partial charge in [-0.25, -0.2) is 0 Å². The van der Waals surface area contributed by atoms with Crippen LogP contribution in [0.3, 0.4) is 0 Å². The first-order chi connectivity index (χ1) is 9.51. The first kappa shape index (κ1) is 16.3. The smallest absolute Gasteiger partial charge is 0.0512 e. The lowest BCUT2D eigenvalue weighted by molar-refractivity contribution is 0.550. The molecule has 6 heteroatoms. The number of rotatable bonds is 4. The number of benzene rings is 2. The van der Waals surface area contributed by atoms with E-state index in [1.54, 1.807) is 12.1 Å². The van der Waals surface area contributed by atoms with Crippen LogP contribution < -0.4 is 11.3 Å². The van der Waals surface area contributed by atoms with Gasteiger partial charge in [0.1, 0.15) is 0 Å². The molecule has 1 unspecified atom stereocenters. The van der Waals surface area contributed by atoms with E-state index in [2.05, 4.69) is 37.3 Å². The van der Waals surface area contributed by atoms with Crippen LogP contribution in [0.15, 0.2) is 45.3 Å². The highest BCUT2D eigenvalue weighted by Gasteiger charge is 2.16. The van der Waals surface area contributed by atoms with Crippen molar-refractivity contribution in [2.45, 2.75) is 12.5 Å². The van der Waals surface area contributed by atoms with Gasteiger partial charge in [-0.2, -0.15) is 0 Å². The van der Waals surface area contributed by atoms with Crippen LogP contribution in [-0.4, -0.2) is 0 Å². The van der Waals surface area contributed by atoms with Crippen molar-refractivity contribution in [2.75, 3.05) is 0 Å². The summed E-state index contributed by atoms with van der Waals surface area (Å²) < 4.78 is 1.98. The molecule has 0 fully saturated rings. The third kappa shape index (κ3) is 3.97. The topological polar surface area (TPSA) is 38.0 Å². The summed E-state index contributed by atoms with van der Waals surface area (Å²) >= 11 is 19.2. The summed E-state index contributed by atoms with van der Waals surface area (Å²) in [5, 5.41) is 1.34. The summed E-state index contributed by atoms with van der Waals surface area (Å²) in [7, 11) is 0. The van der Waals surface area contributed by atoms with E-state index in [1.165, 1.54) is 0 Å². The van der Waals surface area contributed by atoms with Gasteiger partial charge >= 0.3 is 0 Å². The van der Waals surface area contributed by atoms with Crippen molar-refractivity contribution in [1.82, 2.24) is 5.43 Å². The fourth-order valence-corrected chi connectivity index (χ4v) is 3.25. The molecule has 0 bridgehead atoms. The maximum Gasteiger partial charge on any atom is 0.0512 e. The van der Waals surface area contributed by atoms with Crippen molar-refractivity contribution in [3.63, 3.8) is 0 Å². The number of hydrogen-bond donors (Lipinski definition) is 2. The largest absolute Gasteiger partial charge is 0.271 e. The highest BCUT2D eigenvalue weighted by atomic mass is 79.9. The van der Waals surface area contributed by atoms with Gasteiger partial charge in [-0.15, -0.1) is 0 Å². The second kappa shape index (κ2) is 7.25. The quantitative estimate of drug-likeness (QED) is 0.504. The molecule has 0 heterocycles. The molecule has 20 heavy (non-hydrogen) atoms. The molecule has 0 aliphatic carbocycles. The van der Waals surface area contributed by atoms with Crippen molar-refractivity contribution in [1.29, 1.82) is 0 Å². The van der Waals surface area contributed by atoms with E-state index in [1.807, 2.05) is 24.3 Å². The van der Waals surface area contributed by atoms with Crippen molar-refractivity contribution < 1.29 is 0 Å². The zero-order valence-corrected chi connectivity index (χ0v) is 15.0. The molecule has 2 aromatic carbocycles. The van der Waals surface area contributed by atoms with E-state index in [0.29, 0.717) is 16.5 Å². The maximum absolute atomic E-state index is 6.21. The van der Waals surface area contributed by atoms with E-state index < -0.39 is 0 Å². The Morgan fingerprint density at radius 2 is 1.85 bits per heavy atom. The summed E-state index contributed by atoms with van der Waals surface area (Å²) in [4.78, 5) is 0. The Balaban J connectivity index is 2.33. The first-order valence-electron chi connectivity index (χ1n) is 5.86. The number of halogens is 4. The molecule has 0 aliphatic heterocycles. The van der Waals surface area contributed by atoms with Crippen molar-refractivity contribution >= 4 is 55.1 Å². The Morgan fingerprint density at radius 1 is 1.10 bits per heavy atom. The molecule has 0 spiro atoms. The fourth-order valence-electron chi connectivity index (χ4n) is 1.96. The van der Waals surface area contributed by atoms with Gasteiger partial charge in [0.15, 0.2) is 0 Å². The Kier molecular flexibility index (Phi) is 5.90. The third-order valence-electron chi connectivity index (χ3n) is 2.97. The average Bonchev–Trinajstić information content (AvgIpc) is 2.42. The molecule has 1 atom stereocenters. The Morgan fingerprint density at radius 3 is 2.55 bits per heavy atom. The summed E-state index contributed by atoms with van der Waals surface area (Å²) in [6, 6.07) is 11.3. The van der Waals surface area contributed by atoms with E-state index in [4.69, 9.17) is 29.0 Å². The molecule has 2 rings (SSSR count). The molecule has 0 saturated heterocycles. The Labute approximate surface area is 144 Å². The van der Waals surface area contributed by atoms with Gasteiger partial charge in [-0.05, 0) is 53.9 Å². The van der Waals surface area contributed by atoms with Gasteiger partial charge in [-0.3, -0.25) is 11.3 Å². The predicted molar refractivity (Wildman–Crippen MR) is 92.1 cm³/mol. The highest BCUT2D eigenvalue weighted by molar-refractivity contribution is 9.11. The highest BCUT2D eigenvalue weighted by Crippen LogP contribution is 2.31. The molecule has 0 radical (unpaired) electrons. The fraction of sp³-hybridized carbons (Fsp3) is 0.143. The molecular weight excluding hydrogens is 427 g/mol. The van der Waals surface area contributed by atoms with Crippen LogP contribution in [0.2, 0.25) is 10.0 Å². The molecule has 2 aromatic rings. The van der Waals surface area contributed by atoms with Crippen LogP contribution in [0, 0.1) is 0 Å². The van der Waals surface area contributed by atoms with Gasteiger partial charge < -0.3 is 0 Å². The number of nitrogens with one attached hydrogen (secondary N) is 1. The Bertz CT molecular complexity index is 620. The van der Waals surface area contributed by atoms with Crippen LogP contribution in [0.25, 0.3) is 0 Å². The Hall–Kier alpha value is -0.100. The van der Waals surface area contributed by atoms with Crippen LogP contribution >= 0.6 is 55.1 Å². The zero-order valence-electron chi connectivity index (χ0n) is 10.3. The third-order valence-corrected chi connectivity index (χ3v) is 4.79. The van der Waals surface area contributed by atoms with Crippen molar-refractivity contribution in [3.05, 3.63) is 66.5 Å². The minimum Gasteiger partial charge on any atom is -0.271 e. The van der Waals surface area contributed by atoms with E-state index in [0.717, 1.165) is 20.1 Å². The number of hydrogen-bond acceptors (Lipinski definition) is 2. The molecule has 2 nitrogen and oxygen atoms in total. The SMILES string of the molecule is NNC(Cc1cc(Cl)ccc1Cl)c1cc(Br)ccc1Br. The van der Waals surface area contributed by atoms with Crippen molar-refractivity contribution in [3.8, 4) is 0 Å². The van der Waals surface area contributed by atoms with Gasteiger partial charge in [-0.1, -0.05) is 55.1 Å². The van der Waals surface area contributed by atoms with E-state index >= 15 is 0 Å². The monoisotopic (exact) mass is 436 g/mol. The predicted octanol–water partition coefficient (Wildman–Crippen LogP) is 5.27. The molecule has 0 saturated carbocycles. The average molecular weight is 439 g/mol. The molecular formula is C14H12Br2Cl2N2. The molecule has 0 amide bonds. The number of nitrogens with two attached hydrogens (primary N) is 1. The molecule has 3 N–H and O–H groups in total. The summed E-state index contributed by atoms with van der Waals surface area (Å²) in [6.07, 6.45) is 0.644. The van der Waals surface area contributed by atoms with Crippen LogP contribution in [-0.2, 0) is 6.42 Å². The summed E-state index contributed by atoms with van der Waals surface area (Å²) in [6.45, 7) is 0.